The van der Waals surface area contributed by atoms with E-state index in [-0.39, 0.29) is 11.9 Å². The van der Waals surface area contributed by atoms with Crippen molar-refractivity contribution in [3.05, 3.63) is 0 Å². The maximum Gasteiger partial charge on any atom is 0.305 e. The lowest BCUT2D eigenvalue weighted by Crippen LogP contribution is -2.00. The zero-order valence-corrected chi connectivity index (χ0v) is 15.4. The standard InChI is InChI=1S/C19H34O5/c1-16(20)23-15-11-7-6-9-13-18-17(24-18)12-8-4-3-5-10-14-19(21)22-2/h17-18H,3-15H2,1-2H3/t17-,18-/m1/s1. The fraction of sp³-hybridized carbons (Fsp3) is 0.895. The van der Waals surface area contributed by atoms with Gasteiger partial charge in [-0.25, -0.2) is 0 Å². The molecule has 0 saturated carbocycles. The van der Waals surface area contributed by atoms with Crippen LogP contribution in [-0.4, -0.2) is 37.9 Å². The van der Waals surface area contributed by atoms with Gasteiger partial charge in [-0.1, -0.05) is 44.9 Å². The van der Waals surface area contributed by atoms with Gasteiger partial charge < -0.3 is 14.2 Å². The molecule has 0 aliphatic carbocycles. The molecule has 2 atom stereocenters. The molecule has 0 amide bonds. The Kier molecular flexibility index (Phi) is 11.5. The number of rotatable bonds is 15. The molecular weight excluding hydrogens is 308 g/mol. The van der Waals surface area contributed by atoms with E-state index < -0.39 is 0 Å². The first-order valence-corrected chi connectivity index (χ1v) is 9.49. The van der Waals surface area contributed by atoms with Gasteiger partial charge in [0.05, 0.1) is 25.9 Å². The predicted octanol–water partition coefficient (Wildman–Crippen LogP) is 4.17. The lowest BCUT2D eigenvalue weighted by atomic mass is 10.0. The second kappa shape index (κ2) is 13.2. The second-order valence-electron chi connectivity index (χ2n) is 6.64. The zero-order chi connectivity index (χ0) is 17.6. The molecule has 140 valence electrons. The molecule has 0 bridgehead atoms. The molecule has 1 fully saturated rings. The number of esters is 2. The van der Waals surface area contributed by atoms with Crippen molar-refractivity contribution in [3.8, 4) is 0 Å². The van der Waals surface area contributed by atoms with Crippen molar-refractivity contribution in [1.29, 1.82) is 0 Å². The van der Waals surface area contributed by atoms with Crippen molar-refractivity contribution < 1.29 is 23.8 Å². The van der Waals surface area contributed by atoms with Crippen LogP contribution in [0.5, 0.6) is 0 Å². The molecule has 0 aromatic carbocycles. The van der Waals surface area contributed by atoms with Crippen molar-refractivity contribution in [2.45, 2.75) is 96.2 Å². The Morgan fingerprint density at radius 1 is 0.833 bits per heavy atom. The van der Waals surface area contributed by atoms with E-state index in [9.17, 15) is 9.59 Å². The van der Waals surface area contributed by atoms with Gasteiger partial charge in [0.25, 0.3) is 0 Å². The van der Waals surface area contributed by atoms with Crippen LogP contribution in [0.2, 0.25) is 0 Å². The van der Waals surface area contributed by atoms with Crippen LogP contribution < -0.4 is 0 Å². The Hall–Kier alpha value is -1.10. The number of unbranched alkanes of at least 4 members (excludes halogenated alkanes) is 7. The number of carbonyl (C=O) groups excluding carboxylic acids is 2. The molecule has 0 spiro atoms. The molecule has 1 heterocycles. The van der Waals surface area contributed by atoms with Crippen LogP contribution >= 0.6 is 0 Å². The Balaban J connectivity index is 1.78. The van der Waals surface area contributed by atoms with Gasteiger partial charge in [-0.15, -0.1) is 0 Å². The molecule has 5 heteroatoms. The van der Waals surface area contributed by atoms with Gasteiger partial charge >= 0.3 is 11.9 Å². The van der Waals surface area contributed by atoms with Crippen LogP contribution in [0.15, 0.2) is 0 Å². The van der Waals surface area contributed by atoms with Crippen LogP contribution in [-0.2, 0) is 23.8 Å². The van der Waals surface area contributed by atoms with E-state index in [1.54, 1.807) is 0 Å². The lowest BCUT2D eigenvalue weighted by Gasteiger charge is -2.02. The van der Waals surface area contributed by atoms with Gasteiger partial charge in [-0.05, 0) is 25.7 Å². The summed E-state index contributed by atoms with van der Waals surface area (Å²) in [6.07, 6.45) is 14.0. The number of carbonyl (C=O) groups is 2. The largest absolute Gasteiger partial charge is 0.469 e. The molecule has 1 aliphatic heterocycles. The number of hydrogen-bond donors (Lipinski definition) is 0. The number of hydrogen-bond acceptors (Lipinski definition) is 5. The summed E-state index contributed by atoms with van der Waals surface area (Å²) >= 11 is 0. The van der Waals surface area contributed by atoms with Crippen LogP contribution in [0.3, 0.4) is 0 Å². The molecule has 24 heavy (non-hydrogen) atoms. The summed E-state index contributed by atoms with van der Waals surface area (Å²) in [6.45, 7) is 2.00. The third kappa shape index (κ3) is 11.4. The summed E-state index contributed by atoms with van der Waals surface area (Å²) in [5.74, 6) is -0.289. The van der Waals surface area contributed by atoms with Gasteiger partial charge in [0.15, 0.2) is 0 Å². The van der Waals surface area contributed by atoms with Crippen molar-refractivity contribution >= 4 is 11.9 Å². The van der Waals surface area contributed by atoms with Crippen molar-refractivity contribution in [2.24, 2.45) is 0 Å². The quantitative estimate of drug-likeness (QED) is 0.254. The minimum atomic E-state index is -0.187. The first kappa shape index (κ1) is 20.9. The van der Waals surface area contributed by atoms with Gasteiger partial charge in [-0.2, -0.15) is 0 Å². The second-order valence-corrected chi connectivity index (χ2v) is 6.64. The highest BCUT2D eigenvalue weighted by Crippen LogP contribution is 2.31. The van der Waals surface area contributed by atoms with E-state index >= 15 is 0 Å². The molecule has 0 radical (unpaired) electrons. The molecule has 1 aliphatic rings. The van der Waals surface area contributed by atoms with E-state index in [1.807, 2.05) is 0 Å². The number of ether oxygens (including phenoxy) is 3. The van der Waals surface area contributed by atoms with Crippen molar-refractivity contribution in [3.63, 3.8) is 0 Å². The Labute approximate surface area is 146 Å². The Morgan fingerprint density at radius 2 is 1.38 bits per heavy atom. The molecule has 5 nitrogen and oxygen atoms in total. The van der Waals surface area contributed by atoms with E-state index in [0.717, 1.165) is 32.1 Å². The van der Waals surface area contributed by atoms with Crippen LogP contribution in [0.25, 0.3) is 0 Å². The molecule has 0 N–H and O–H groups in total. The average Bonchev–Trinajstić information content (AvgIpc) is 3.30. The summed E-state index contributed by atoms with van der Waals surface area (Å²) < 4.78 is 15.3. The normalized spacial score (nSPS) is 19.1. The van der Waals surface area contributed by atoms with E-state index in [4.69, 9.17) is 9.47 Å². The summed E-state index contributed by atoms with van der Waals surface area (Å²) in [7, 11) is 1.44. The van der Waals surface area contributed by atoms with Crippen LogP contribution in [0.1, 0.15) is 84.0 Å². The Bertz CT molecular complexity index is 356. The third-order valence-electron chi connectivity index (χ3n) is 4.47. The van der Waals surface area contributed by atoms with Crippen LogP contribution in [0.4, 0.5) is 0 Å². The number of methoxy groups -OCH3 is 1. The van der Waals surface area contributed by atoms with Crippen molar-refractivity contribution in [1.82, 2.24) is 0 Å². The van der Waals surface area contributed by atoms with Gasteiger partial charge in [0, 0.05) is 13.3 Å². The smallest absolute Gasteiger partial charge is 0.305 e. The topological polar surface area (TPSA) is 65.1 Å². The van der Waals surface area contributed by atoms with E-state index in [2.05, 4.69) is 4.74 Å². The summed E-state index contributed by atoms with van der Waals surface area (Å²) in [4.78, 5) is 21.6. The summed E-state index contributed by atoms with van der Waals surface area (Å²) in [5.41, 5.74) is 0. The average molecular weight is 342 g/mol. The first-order valence-electron chi connectivity index (χ1n) is 9.49. The zero-order valence-electron chi connectivity index (χ0n) is 15.4. The monoisotopic (exact) mass is 342 g/mol. The van der Waals surface area contributed by atoms with E-state index in [0.29, 0.717) is 25.2 Å². The van der Waals surface area contributed by atoms with Gasteiger partial charge in [0.1, 0.15) is 0 Å². The molecule has 1 rings (SSSR count). The van der Waals surface area contributed by atoms with Gasteiger partial charge in [-0.3, -0.25) is 9.59 Å². The van der Waals surface area contributed by atoms with Crippen LogP contribution in [0, 0.1) is 0 Å². The maximum absolute atomic E-state index is 11.0. The molecule has 1 saturated heterocycles. The molecule has 0 unspecified atom stereocenters. The summed E-state index contributed by atoms with van der Waals surface area (Å²) in [6, 6.07) is 0. The molecule has 0 aromatic heterocycles. The summed E-state index contributed by atoms with van der Waals surface area (Å²) in [5, 5.41) is 0. The maximum atomic E-state index is 11.0. The highest BCUT2D eigenvalue weighted by atomic mass is 16.6. The highest BCUT2D eigenvalue weighted by Gasteiger charge is 2.36. The van der Waals surface area contributed by atoms with Crippen molar-refractivity contribution in [2.75, 3.05) is 13.7 Å². The molecule has 0 aromatic rings. The van der Waals surface area contributed by atoms with Gasteiger partial charge in [0.2, 0.25) is 0 Å². The third-order valence-corrected chi connectivity index (χ3v) is 4.47. The Morgan fingerprint density at radius 3 is 1.96 bits per heavy atom. The number of epoxide rings is 1. The minimum absolute atomic E-state index is 0.101. The van der Waals surface area contributed by atoms with E-state index in [1.165, 1.54) is 52.6 Å². The highest BCUT2D eigenvalue weighted by molar-refractivity contribution is 5.68. The SMILES string of the molecule is COC(=O)CCCCCCC[C@H]1O[C@@H]1CCCCCCOC(C)=O. The first-order chi connectivity index (χ1) is 11.6. The predicted molar refractivity (Wildman–Crippen MR) is 92.7 cm³/mol. The minimum Gasteiger partial charge on any atom is -0.469 e. The molecular formula is C19H34O5. The fourth-order valence-electron chi connectivity index (χ4n) is 2.95. The lowest BCUT2D eigenvalue weighted by molar-refractivity contribution is -0.141. The fourth-order valence-corrected chi connectivity index (χ4v) is 2.95.